The highest BCUT2D eigenvalue weighted by molar-refractivity contribution is 9.10. The van der Waals surface area contributed by atoms with Crippen molar-refractivity contribution in [1.82, 2.24) is 10.3 Å². The van der Waals surface area contributed by atoms with E-state index in [4.69, 9.17) is 0 Å². The van der Waals surface area contributed by atoms with E-state index >= 15 is 0 Å². The van der Waals surface area contributed by atoms with Gasteiger partial charge in [-0.05, 0) is 31.0 Å². The highest BCUT2D eigenvalue weighted by Crippen LogP contribution is 2.19. The van der Waals surface area contributed by atoms with Crippen molar-refractivity contribution in [2.24, 2.45) is 0 Å². The second kappa shape index (κ2) is 7.17. The standard InChI is InChI=1S/C15H19BrN2S/c1-3-14(12-4-6-13(16)7-5-12)17-9-8-15-18-11(2)10-19-15/h4-7,10,14,17H,3,8-9H2,1-2H3. The lowest BCUT2D eigenvalue weighted by Crippen LogP contribution is -2.23. The number of hydrogen-bond donors (Lipinski definition) is 1. The summed E-state index contributed by atoms with van der Waals surface area (Å²) in [5.41, 5.74) is 2.47. The normalized spacial score (nSPS) is 12.6. The predicted octanol–water partition coefficient (Wildman–Crippen LogP) is 4.50. The number of nitrogens with one attached hydrogen (secondary N) is 1. The Bertz CT molecular complexity index is 507. The third-order valence-electron chi connectivity index (χ3n) is 3.08. The van der Waals surface area contributed by atoms with Crippen molar-refractivity contribution >= 4 is 27.3 Å². The molecular formula is C15H19BrN2S. The maximum Gasteiger partial charge on any atom is 0.0940 e. The molecule has 1 aromatic heterocycles. The van der Waals surface area contributed by atoms with Gasteiger partial charge in [0.15, 0.2) is 0 Å². The van der Waals surface area contributed by atoms with Crippen LogP contribution >= 0.6 is 27.3 Å². The van der Waals surface area contributed by atoms with Crippen molar-refractivity contribution in [2.45, 2.75) is 32.7 Å². The van der Waals surface area contributed by atoms with Gasteiger partial charge in [0, 0.05) is 34.6 Å². The van der Waals surface area contributed by atoms with E-state index in [0.717, 1.165) is 29.6 Å². The van der Waals surface area contributed by atoms with Gasteiger partial charge in [-0.3, -0.25) is 0 Å². The van der Waals surface area contributed by atoms with Crippen LogP contribution in [0.3, 0.4) is 0 Å². The van der Waals surface area contributed by atoms with E-state index in [1.54, 1.807) is 11.3 Å². The van der Waals surface area contributed by atoms with Crippen molar-refractivity contribution in [2.75, 3.05) is 6.54 Å². The van der Waals surface area contributed by atoms with E-state index in [1.165, 1.54) is 10.6 Å². The van der Waals surface area contributed by atoms with Gasteiger partial charge in [0.2, 0.25) is 0 Å². The van der Waals surface area contributed by atoms with Crippen molar-refractivity contribution in [3.8, 4) is 0 Å². The van der Waals surface area contributed by atoms with Gasteiger partial charge in [-0.1, -0.05) is 35.0 Å². The molecular weight excluding hydrogens is 320 g/mol. The molecule has 0 aliphatic rings. The zero-order chi connectivity index (χ0) is 13.7. The highest BCUT2D eigenvalue weighted by atomic mass is 79.9. The average molecular weight is 339 g/mol. The van der Waals surface area contributed by atoms with Crippen LogP contribution in [0.15, 0.2) is 34.1 Å². The lowest BCUT2D eigenvalue weighted by molar-refractivity contribution is 0.522. The molecule has 19 heavy (non-hydrogen) atoms. The first-order valence-corrected chi connectivity index (χ1v) is 8.26. The Kier molecular flexibility index (Phi) is 5.55. The summed E-state index contributed by atoms with van der Waals surface area (Å²) in [5, 5.41) is 6.94. The second-order valence-corrected chi connectivity index (χ2v) is 6.46. The van der Waals surface area contributed by atoms with E-state index in [1.807, 2.05) is 6.92 Å². The van der Waals surface area contributed by atoms with Crippen molar-refractivity contribution < 1.29 is 0 Å². The Labute approximate surface area is 127 Å². The molecule has 4 heteroatoms. The lowest BCUT2D eigenvalue weighted by Gasteiger charge is -2.17. The van der Waals surface area contributed by atoms with Crippen LogP contribution in [0.4, 0.5) is 0 Å². The zero-order valence-corrected chi connectivity index (χ0v) is 13.7. The Hall–Kier alpha value is -0.710. The van der Waals surface area contributed by atoms with Crippen LogP contribution in [-0.2, 0) is 6.42 Å². The summed E-state index contributed by atoms with van der Waals surface area (Å²) in [5.74, 6) is 0. The summed E-state index contributed by atoms with van der Waals surface area (Å²) in [7, 11) is 0. The molecule has 0 aliphatic carbocycles. The first-order valence-electron chi connectivity index (χ1n) is 6.59. The van der Waals surface area contributed by atoms with Crippen LogP contribution < -0.4 is 5.32 Å². The third-order valence-corrected chi connectivity index (χ3v) is 4.63. The average Bonchev–Trinajstić information content (AvgIpc) is 2.82. The van der Waals surface area contributed by atoms with Gasteiger partial charge in [-0.25, -0.2) is 4.98 Å². The molecule has 2 aromatic rings. The van der Waals surface area contributed by atoms with Crippen molar-refractivity contribution in [3.63, 3.8) is 0 Å². The number of benzene rings is 1. The fourth-order valence-electron chi connectivity index (χ4n) is 2.06. The molecule has 0 radical (unpaired) electrons. The molecule has 1 heterocycles. The van der Waals surface area contributed by atoms with Gasteiger partial charge in [0.1, 0.15) is 0 Å². The minimum Gasteiger partial charge on any atom is -0.310 e. The largest absolute Gasteiger partial charge is 0.310 e. The minimum atomic E-state index is 0.425. The molecule has 2 rings (SSSR count). The van der Waals surface area contributed by atoms with Crippen LogP contribution in [0.1, 0.15) is 35.7 Å². The SMILES string of the molecule is CCC(NCCc1nc(C)cs1)c1ccc(Br)cc1. The topological polar surface area (TPSA) is 24.9 Å². The lowest BCUT2D eigenvalue weighted by atomic mass is 10.0. The molecule has 1 N–H and O–H groups in total. The first-order chi connectivity index (χ1) is 9.19. The highest BCUT2D eigenvalue weighted by Gasteiger charge is 2.08. The smallest absolute Gasteiger partial charge is 0.0940 e. The molecule has 1 atom stereocenters. The van der Waals surface area contributed by atoms with E-state index < -0.39 is 0 Å². The van der Waals surface area contributed by atoms with Crippen molar-refractivity contribution in [1.29, 1.82) is 0 Å². The number of aromatic nitrogens is 1. The molecule has 0 saturated carbocycles. The molecule has 0 saturated heterocycles. The molecule has 0 amide bonds. The van der Waals surface area contributed by atoms with Crippen LogP contribution in [-0.4, -0.2) is 11.5 Å². The van der Waals surface area contributed by atoms with E-state index in [2.05, 4.69) is 62.8 Å². The summed E-state index contributed by atoms with van der Waals surface area (Å²) >= 11 is 5.22. The molecule has 0 aliphatic heterocycles. The van der Waals surface area contributed by atoms with Gasteiger partial charge < -0.3 is 5.32 Å². The van der Waals surface area contributed by atoms with Gasteiger partial charge in [0.25, 0.3) is 0 Å². The first kappa shape index (κ1) is 14.7. The molecule has 1 unspecified atom stereocenters. The molecule has 0 spiro atoms. The number of nitrogens with zero attached hydrogens (tertiary/aromatic N) is 1. The number of halogens is 1. The summed E-state index contributed by atoms with van der Waals surface area (Å²) in [6.07, 6.45) is 2.10. The Morgan fingerprint density at radius 3 is 2.63 bits per heavy atom. The monoisotopic (exact) mass is 338 g/mol. The Morgan fingerprint density at radius 1 is 1.32 bits per heavy atom. The minimum absolute atomic E-state index is 0.425. The maximum absolute atomic E-state index is 4.49. The number of hydrogen-bond acceptors (Lipinski definition) is 3. The Balaban J connectivity index is 1.87. The molecule has 0 bridgehead atoms. The fraction of sp³-hybridized carbons (Fsp3) is 0.400. The molecule has 102 valence electrons. The van der Waals surface area contributed by atoms with E-state index in [9.17, 15) is 0 Å². The molecule has 0 fully saturated rings. The van der Waals surface area contributed by atoms with Gasteiger partial charge in [0.05, 0.1) is 5.01 Å². The number of thiazole rings is 1. The van der Waals surface area contributed by atoms with Gasteiger partial charge >= 0.3 is 0 Å². The number of aryl methyl sites for hydroxylation is 1. The van der Waals surface area contributed by atoms with E-state index in [-0.39, 0.29) is 0 Å². The van der Waals surface area contributed by atoms with Crippen LogP contribution in [0.5, 0.6) is 0 Å². The molecule has 2 nitrogen and oxygen atoms in total. The molecule has 1 aromatic carbocycles. The van der Waals surface area contributed by atoms with E-state index in [0.29, 0.717) is 6.04 Å². The van der Waals surface area contributed by atoms with Gasteiger partial charge in [-0.15, -0.1) is 11.3 Å². The Morgan fingerprint density at radius 2 is 2.05 bits per heavy atom. The van der Waals surface area contributed by atoms with Crippen molar-refractivity contribution in [3.05, 3.63) is 50.4 Å². The van der Waals surface area contributed by atoms with Crippen LogP contribution in [0.2, 0.25) is 0 Å². The summed E-state index contributed by atoms with van der Waals surface area (Å²) < 4.78 is 1.13. The zero-order valence-electron chi connectivity index (χ0n) is 11.3. The predicted molar refractivity (Wildman–Crippen MR) is 85.7 cm³/mol. The maximum atomic E-state index is 4.49. The van der Waals surface area contributed by atoms with Crippen LogP contribution in [0, 0.1) is 6.92 Å². The van der Waals surface area contributed by atoms with Crippen LogP contribution in [0.25, 0.3) is 0 Å². The quantitative estimate of drug-likeness (QED) is 0.838. The summed E-state index contributed by atoms with van der Waals surface area (Å²) in [6.45, 7) is 5.24. The van der Waals surface area contributed by atoms with Gasteiger partial charge in [-0.2, -0.15) is 0 Å². The third kappa shape index (κ3) is 4.41. The second-order valence-electron chi connectivity index (χ2n) is 4.60. The summed E-state index contributed by atoms with van der Waals surface area (Å²) in [4.78, 5) is 4.49. The summed E-state index contributed by atoms with van der Waals surface area (Å²) in [6, 6.07) is 8.99. The number of rotatable bonds is 6. The fourth-order valence-corrected chi connectivity index (χ4v) is 3.10.